The van der Waals surface area contributed by atoms with Crippen molar-refractivity contribution in [2.75, 3.05) is 46.9 Å². The van der Waals surface area contributed by atoms with Gasteiger partial charge in [0.25, 0.3) is 0 Å². The summed E-state index contributed by atoms with van der Waals surface area (Å²) in [5.74, 6) is 1.19. The summed E-state index contributed by atoms with van der Waals surface area (Å²) in [7, 11) is 3.71. The summed E-state index contributed by atoms with van der Waals surface area (Å²) in [5, 5.41) is 3.42. The molecular weight excluding hydrogens is 443 g/mol. The van der Waals surface area contributed by atoms with Gasteiger partial charge in [-0.25, -0.2) is 0 Å². The molecule has 2 aliphatic rings. The first-order chi connectivity index (χ1) is 12.0. The van der Waals surface area contributed by atoms with Crippen LogP contribution in [-0.2, 0) is 9.53 Å². The summed E-state index contributed by atoms with van der Waals surface area (Å²) in [6.45, 7) is 8.31. The van der Waals surface area contributed by atoms with Crippen molar-refractivity contribution in [3.8, 4) is 0 Å². The van der Waals surface area contributed by atoms with Gasteiger partial charge in [-0.3, -0.25) is 9.79 Å². The van der Waals surface area contributed by atoms with Crippen LogP contribution in [0.25, 0.3) is 0 Å². The van der Waals surface area contributed by atoms with E-state index in [1.165, 1.54) is 0 Å². The van der Waals surface area contributed by atoms with E-state index in [0.29, 0.717) is 12.6 Å². The van der Waals surface area contributed by atoms with E-state index in [2.05, 4.69) is 24.1 Å². The first-order valence-corrected chi connectivity index (χ1v) is 9.89. The Morgan fingerprint density at radius 2 is 1.85 bits per heavy atom. The predicted octanol–water partition coefficient (Wildman–Crippen LogP) is 2.72. The minimum atomic E-state index is -0.298. The number of halogens is 1. The summed E-state index contributed by atoms with van der Waals surface area (Å²) in [6, 6.07) is 0. The number of hydrogen-bond acceptors (Lipinski definition) is 3. The van der Waals surface area contributed by atoms with E-state index in [0.717, 1.165) is 70.7 Å². The number of rotatable bonds is 6. The summed E-state index contributed by atoms with van der Waals surface area (Å²) < 4.78 is 5.75. The molecule has 7 heteroatoms. The van der Waals surface area contributed by atoms with E-state index in [9.17, 15) is 4.79 Å². The lowest BCUT2D eigenvalue weighted by Crippen LogP contribution is -2.48. The molecule has 1 N–H and O–H groups in total. The van der Waals surface area contributed by atoms with Crippen molar-refractivity contribution < 1.29 is 9.53 Å². The third-order valence-corrected chi connectivity index (χ3v) is 5.43. The molecule has 26 heavy (non-hydrogen) atoms. The summed E-state index contributed by atoms with van der Waals surface area (Å²) in [6.07, 6.45) is 6.63. The Morgan fingerprint density at radius 1 is 1.23 bits per heavy atom. The molecule has 1 saturated carbocycles. The van der Waals surface area contributed by atoms with Crippen molar-refractivity contribution in [1.29, 1.82) is 0 Å². The molecule has 0 aromatic heterocycles. The molecule has 0 aromatic rings. The smallest absolute Gasteiger partial charge is 0.230 e. The molecule has 0 unspecified atom stereocenters. The van der Waals surface area contributed by atoms with Gasteiger partial charge in [-0.05, 0) is 39.5 Å². The van der Waals surface area contributed by atoms with Gasteiger partial charge < -0.3 is 19.9 Å². The van der Waals surface area contributed by atoms with Crippen molar-refractivity contribution in [1.82, 2.24) is 15.1 Å². The third-order valence-electron chi connectivity index (χ3n) is 5.43. The van der Waals surface area contributed by atoms with Gasteiger partial charge in [-0.15, -0.1) is 24.0 Å². The maximum Gasteiger partial charge on any atom is 0.230 e. The number of guanidine groups is 1. The number of carbonyl (C=O) groups excluding carboxylic acids is 1. The zero-order chi connectivity index (χ0) is 18.3. The van der Waals surface area contributed by atoms with Crippen LogP contribution in [0.5, 0.6) is 0 Å². The predicted molar refractivity (Wildman–Crippen MR) is 117 cm³/mol. The van der Waals surface area contributed by atoms with Crippen LogP contribution in [0.15, 0.2) is 4.99 Å². The number of piperidine rings is 1. The van der Waals surface area contributed by atoms with E-state index < -0.39 is 0 Å². The number of likely N-dealkylation sites (tertiary alicyclic amines) is 1. The Morgan fingerprint density at radius 3 is 2.35 bits per heavy atom. The zero-order valence-electron chi connectivity index (χ0n) is 16.9. The van der Waals surface area contributed by atoms with Crippen molar-refractivity contribution in [3.05, 3.63) is 0 Å². The quantitative estimate of drug-likeness (QED) is 0.361. The van der Waals surface area contributed by atoms with E-state index in [4.69, 9.17) is 9.73 Å². The van der Waals surface area contributed by atoms with Crippen LogP contribution in [0.4, 0.5) is 0 Å². The highest BCUT2D eigenvalue weighted by molar-refractivity contribution is 14.0. The zero-order valence-corrected chi connectivity index (χ0v) is 19.3. The van der Waals surface area contributed by atoms with Crippen molar-refractivity contribution in [2.24, 2.45) is 10.4 Å². The summed E-state index contributed by atoms with van der Waals surface area (Å²) in [5.41, 5.74) is -0.298. The molecule has 1 saturated heterocycles. The number of nitrogens with zero attached hydrogens (tertiary/aromatic N) is 3. The fraction of sp³-hybridized carbons (Fsp3) is 0.895. The number of amides is 1. The monoisotopic (exact) mass is 480 g/mol. The van der Waals surface area contributed by atoms with Gasteiger partial charge >= 0.3 is 0 Å². The van der Waals surface area contributed by atoms with Crippen LogP contribution < -0.4 is 5.32 Å². The fourth-order valence-electron chi connectivity index (χ4n) is 4.09. The highest BCUT2D eigenvalue weighted by Crippen LogP contribution is 2.39. The molecule has 1 aliphatic carbocycles. The second-order valence-electron chi connectivity index (χ2n) is 7.50. The summed E-state index contributed by atoms with van der Waals surface area (Å²) >= 11 is 0. The number of ether oxygens (including phenoxy) is 1. The van der Waals surface area contributed by atoms with Crippen LogP contribution in [0.3, 0.4) is 0 Å². The van der Waals surface area contributed by atoms with Crippen LogP contribution in [0, 0.1) is 5.41 Å². The van der Waals surface area contributed by atoms with E-state index in [1.54, 1.807) is 4.90 Å². The molecule has 1 heterocycles. The fourth-order valence-corrected chi connectivity index (χ4v) is 4.09. The Hall–Kier alpha value is -0.570. The SMILES string of the molecule is CCNC(=NCC1(C(=O)N(C)C)CCCC1)N1CCC(OCC)CC1.I. The van der Waals surface area contributed by atoms with Gasteiger partial charge in [-0.2, -0.15) is 0 Å². The minimum Gasteiger partial charge on any atom is -0.378 e. The topological polar surface area (TPSA) is 57.2 Å². The molecule has 2 rings (SSSR count). The number of hydrogen-bond donors (Lipinski definition) is 1. The first kappa shape index (κ1) is 23.5. The van der Waals surface area contributed by atoms with E-state index in [-0.39, 0.29) is 35.3 Å². The second kappa shape index (κ2) is 11.3. The molecule has 0 radical (unpaired) electrons. The van der Waals surface area contributed by atoms with Gasteiger partial charge in [0.05, 0.1) is 18.1 Å². The van der Waals surface area contributed by atoms with Crippen molar-refractivity contribution in [2.45, 2.75) is 58.5 Å². The van der Waals surface area contributed by atoms with Gasteiger partial charge in [0, 0.05) is 40.3 Å². The summed E-state index contributed by atoms with van der Waals surface area (Å²) in [4.78, 5) is 21.7. The van der Waals surface area contributed by atoms with Gasteiger partial charge in [0.1, 0.15) is 0 Å². The molecule has 6 nitrogen and oxygen atoms in total. The molecule has 0 bridgehead atoms. The average molecular weight is 480 g/mol. The van der Waals surface area contributed by atoms with Crippen LogP contribution in [0.2, 0.25) is 0 Å². The average Bonchev–Trinajstić information content (AvgIpc) is 3.09. The molecule has 152 valence electrons. The lowest BCUT2D eigenvalue weighted by atomic mass is 9.85. The maximum atomic E-state index is 12.7. The molecule has 0 spiro atoms. The normalized spacial score (nSPS) is 20.6. The van der Waals surface area contributed by atoms with Gasteiger partial charge in [-0.1, -0.05) is 12.8 Å². The van der Waals surface area contributed by atoms with Crippen LogP contribution in [0.1, 0.15) is 52.4 Å². The minimum absolute atomic E-state index is 0. The molecule has 0 aromatic carbocycles. The van der Waals surface area contributed by atoms with Crippen LogP contribution in [-0.4, -0.2) is 74.7 Å². The lowest BCUT2D eigenvalue weighted by molar-refractivity contribution is -0.138. The molecule has 1 amide bonds. The standard InChI is InChI=1S/C19H36N4O2.HI/c1-5-20-18(23-13-9-16(10-14-23)25-6-2)21-15-19(11-7-8-12-19)17(24)22(3)4;/h16H,5-15H2,1-4H3,(H,20,21);1H. The lowest BCUT2D eigenvalue weighted by Gasteiger charge is -2.35. The van der Waals surface area contributed by atoms with Gasteiger partial charge in [0.15, 0.2) is 5.96 Å². The molecule has 1 aliphatic heterocycles. The maximum absolute atomic E-state index is 12.7. The van der Waals surface area contributed by atoms with E-state index >= 15 is 0 Å². The second-order valence-corrected chi connectivity index (χ2v) is 7.50. The highest BCUT2D eigenvalue weighted by Gasteiger charge is 2.42. The highest BCUT2D eigenvalue weighted by atomic mass is 127. The Kier molecular flexibility index (Phi) is 10.2. The Bertz CT molecular complexity index is 456. The van der Waals surface area contributed by atoms with Gasteiger partial charge in [0.2, 0.25) is 5.91 Å². The molecule has 2 fully saturated rings. The van der Waals surface area contributed by atoms with Crippen molar-refractivity contribution >= 4 is 35.8 Å². The number of carbonyl (C=O) groups is 1. The van der Waals surface area contributed by atoms with Crippen molar-refractivity contribution in [3.63, 3.8) is 0 Å². The largest absolute Gasteiger partial charge is 0.378 e. The Labute approximate surface area is 176 Å². The van der Waals surface area contributed by atoms with Crippen LogP contribution >= 0.6 is 24.0 Å². The Balaban J connectivity index is 0.00000338. The third kappa shape index (κ3) is 5.97. The van der Waals surface area contributed by atoms with E-state index in [1.807, 2.05) is 14.1 Å². The molecule has 0 atom stereocenters. The number of aliphatic imine (C=N–C) groups is 1. The molecular formula is C19H37IN4O2. The number of nitrogens with one attached hydrogen (secondary N) is 1. The first-order valence-electron chi connectivity index (χ1n) is 9.89.